The summed E-state index contributed by atoms with van der Waals surface area (Å²) >= 11 is 32.0. The number of rotatable bonds is 0. The Kier molecular flexibility index (Phi) is 3.76. The smallest absolute Gasteiger partial charge is 0.0855 e. The van der Waals surface area contributed by atoms with Gasteiger partial charge in [-0.05, 0) is 18.2 Å². The topological polar surface area (TPSA) is 12.0 Å². The van der Waals surface area contributed by atoms with E-state index in [2.05, 4.69) is 5.32 Å². The van der Waals surface area contributed by atoms with Crippen molar-refractivity contribution in [1.82, 2.24) is 0 Å². The number of halogens is 5. The second-order valence-electron chi connectivity index (χ2n) is 3.83. The highest BCUT2D eigenvalue weighted by Crippen LogP contribution is 2.55. The molecule has 1 heterocycles. The van der Waals surface area contributed by atoms with Crippen LogP contribution in [0.5, 0.6) is 0 Å². The van der Waals surface area contributed by atoms with Crippen molar-refractivity contribution in [3.8, 4) is 0 Å². The third kappa shape index (κ3) is 2.29. The largest absolute Gasteiger partial charge is 0.352 e. The van der Waals surface area contributed by atoms with Crippen LogP contribution < -0.4 is 5.32 Å². The van der Waals surface area contributed by atoms with Gasteiger partial charge >= 0.3 is 0 Å². The predicted octanol–water partition coefficient (Wildman–Crippen LogP) is 7.16. The maximum atomic E-state index is 6.23. The number of anilines is 2. The van der Waals surface area contributed by atoms with E-state index in [0.29, 0.717) is 20.8 Å². The van der Waals surface area contributed by atoms with E-state index in [9.17, 15) is 0 Å². The van der Waals surface area contributed by atoms with Crippen molar-refractivity contribution in [2.45, 2.75) is 9.79 Å². The molecule has 1 nitrogen and oxygen atoms in total. The summed E-state index contributed by atoms with van der Waals surface area (Å²) in [6, 6.07) is 5.52. The standard InChI is InChI=1S/C12H4Cl5NS/c13-4-1-2-5-6(3-4)19-12-10(17)8(15)7(14)9(16)11(12)18-5/h1-3,18H. The van der Waals surface area contributed by atoms with Crippen LogP contribution in [0.3, 0.4) is 0 Å². The summed E-state index contributed by atoms with van der Waals surface area (Å²) in [5.74, 6) is 0. The van der Waals surface area contributed by atoms with Gasteiger partial charge < -0.3 is 5.32 Å². The zero-order valence-electron chi connectivity index (χ0n) is 9.03. The lowest BCUT2D eigenvalue weighted by Gasteiger charge is -2.24. The normalized spacial score (nSPS) is 12.7. The van der Waals surface area contributed by atoms with Crippen LogP contribution >= 0.6 is 69.8 Å². The molecule has 1 aliphatic rings. The van der Waals surface area contributed by atoms with Crippen LogP contribution in [0.15, 0.2) is 28.0 Å². The number of hydrogen-bond donors (Lipinski definition) is 1. The van der Waals surface area contributed by atoms with Gasteiger partial charge in [0.15, 0.2) is 0 Å². The van der Waals surface area contributed by atoms with Crippen LogP contribution in [0.1, 0.15) is 0 Å². The Hall–Kier alpha value is 0.0400. The first kappa shape index (κ1) is 14.0. The van der Waals surface area contributed by atoms with Gasteiger partial charge in [0, 0.05) is 9.92 Å². The van der Waals surface area contributed by atoms with Gasteiger partial charge in [0.2, 0.25) is 0 Å². The molecule has 0 bridgehead atoms. The first-order chi connectivity index (χ1) is 8.99. The lowest BCUT2D eigenvalue weighted by Crippen LogP contribution is -2.02. The minimum atomic E-state index is 0.248. The fourth-order valence-electron chi connectivity index (χ4n) is 1.75. The van der Waals surface area contributed by atoms with Crippen LogP contribution in [-0.4, -0.2) is 0 Å². The van der Waals surface area contributed by atoms with Crippen LogP contribution in [-0.2, 0) is 0 Å². The van der Waals surface area contributed by atoms with Gasteiger partial charge in [-0.25, -0.2) is 0 Å². The molecule has 7 heteroatoms. The zero-order chi connectivity index (χ0) is 13.7. The minimum Gasteiger partial charge on any atom is -0.352 e. The highest BCUT2D eigenvalue weighted by molar-refractivity contribution is 8.00. The Labute approximate surface area is 139 Å². The van der Waals surface area contributed by atoms with Crippen molar-refractivity contribution >= 4 is 81.1 Å². The van der Waals surface area contributed by atoms with E-state index in [0.717, 1.165) is 15.5 Å². The van der Waals surface area contributed by atoms with Gasteiger partial charge in [0.1, 0.15) is 0 Å². The summed E-state index contributed by atoms with van der Waals surface area (Å²) in [4.78, 5) is 1.70. The van der Waals surface area contributed by atoms with Gasteiger partial charge in [-0.2, -0.15) is 0 Å². The minimum absolute atomic E-state index is 0.248. The quantitative estimate of drug-likeness (QED) is 0.332. The molecule has 0 amide bonds. The number of hydrogen-bond acceptors (Lipinski definition) is 2. The maximum absolute atomic E-state index is 6.23. The number of benzene rings is 2. The van der Waals surface area contributed by atoms with Gasteiger partial charge in [-0.1, -0.05) is 69.8 Å². The van der Waals surface area contributed by atoms with Gasteiger partial charge in [0.25, 0.3) is 0 Å². The molecule has 0 saturated carbocycles. The maximum Gasteiger partial charge on any atom is 0.0855 e. The average Bonchev–Trinajstić information content (AvgIpc) is 2.41. The molecule has 98 valence electrons. The molecule has 0 atom stereocenters. The Morgan fingerprint density at radius 1 is 0.842 bits per heavy atom. The predicted molar refractivity (Wildman–Crippen MR) is 85.3 cm³/mol. The van der Waals surface area contributed by atoms with E-state index >= 15 is 0 Å². The third-order valence-electron chi connectivity index (χ3n) is 2.64. The summed E-state index contributed by atoms with van der Waals surface area (Å²) in [6.07, 6.45) is 0. The van der Waals surface area contributed by atoms with Crippen LogP contribution in [0.4, 0.5) is 11.4 Å². The zero-order valence-corrected chi connectivity index (χ0v) is 13.6. The number of nitrogens with one attached hydrogen (secondary N) is 1. The van der Waals surface area contributed by atoms with Crippen LogP contribution in [0.2, 0.25) is 25.1 Å². The Bertz CT molecular complexity index is 701. The van der Waals surface area contributed by atoms with Crippen molar-refractivity contribution in [1.29, 1.82) is 0 Å². The van der Waals surface area contributed by atoms with E-state index in [1.54, 1.807) is 6.07 Å². The van der Waals surface area contributed by atoms with E-state index in [-0.39, 0.29) is 10.0 Å². The average molecular weight is 372 g/mol. The summed E-state index contributed by atoms with van der Waals surface area (Å²) in [7, 11) is 0. The van der Waals surface area contributed by atoms with Gasteiger partial charge in [-0.3, -0.25) is 0 Å². The first-order valence-corrected chi connectivity index (χ1v) is 7.80. The Balaban J connectivity index is 2.23. The summed E-state index contributed by atoms with van der Waals surface area (Å²) in [5, 5.41) is 5.11. The molecular weight excluding hydrogens is 367 g/mol. The summed E-state index contributed by atoms with van der Waals surface area (Å²) < 4.78 is 0. The first-order valence-electron chi connectivity index (χ1n) is 5.09. The van der Waals surface area contributed by atoms with Gasteiger partial charge in [-0.15, -0.1) is 0 Å². The molecule has 1 aliphatic heterocycles. The van der Waals surface area contributed by atoms with Crippen molar-refractivity contribution < 1.29 is 0 Å². The summed E-state index contributed by atoms with van der Waals surface area (Å²) in [5.41, 5.74) is 1.57. The van der Waals surface area contributed by atoms with Crippen molar-refractivity contribution in [3.05, 3.63) is 43.3 Å². The molecule has 0 unspecified atom stereocenters. The molecule has 0 aliphatic carbocycles. The highest BCUT2D eigenvalue weighted by Gasteiger charge is 2.25. The monoisotopic (exact) mass is 369 g/mol. The van der Waals surface area contributed by atoms with Crippen LogP contribution in [0, 0.1) is 0 Å². The Morgan fingerprint density at radius 3 is 2.26 bits per heavy atom. The SMILES string of the molecule is Clc1ccc2c(c1)Sc1c(Cl)c(Cl)c(Cl)c(Cl)c1N2. The summed E-state index contributed by atoms with van der Waals surface area (Å²) in [6.45, 7) is 0. The molecule has 0 radical (unpaired) electrons. The highest BCUT2D eigenvalue weighted by atomic mass is 35.5. The van der Waals surface area contributed by atoms with E-state index in [4.69, 9.17) is 58.0 Å². The fraction of sp³-hybridized carbons (Fsp3) is 0. The molecule has 1 N–H and O–H groups in total. The Morgan fingerprint density at radius 2 is 1.53 bits per heavy atom. The number of fused-ring (bicyclic) bond motifs is 2. The molecular formula is C12H4Cl5NS. The van der Waals surface area contributed by atoms with Crippen LogP contribution in [0.25, 0.3) is 0 Å². The second kappa shape index (κ2) is 5.10. The molecule has 19 heavy (non-hydrogen) atoms. The molecule has 2 aromatic carbocycles. The van der Waals surface area contributed by atoms with Gasteiger partial charge in [0.05, 0.1) is 36.4 Å². The molecule has 0 aromatic heterocycles. The third-order valence-corrected chi connectivity index (χ3v) is 5.96. The lowest BCUT2D eigenvalue weighted by atomic mass is 10.2. The molecule has 2 aromatic rings. The van der Waals surface area contributed by atoms with E-state index < -0.39 is 0 Å². The van der Waals surface area contributed by atoms with Crippen molar-refractivity contribution in [2.75, 3.05) is 5.32 Å². The second-order valence-corrected chi connectivity index (χ2v) is 6.83. The van der Waals surface area contributed by atoms with E-state index in [1.165, 1.54) is 11.8 Å². The molecule has 0 saturated heterocycles. The molecule has 0 fully saturated rings. The fourth-order valence-corrected chi connectivity index (χ4v) is 4.19. The molecule has 0 spiro atoms. The van der Waals surface area contributed by atoms with Crippen molar-refractivity contribution in [3.63, 3.8) is 0 Å². The lowest BCUT2D eigenvalue weighted by molar-refractivity contribution is 1.31. The van der Waals surface area contributed by atoms with E-state index in [1.807, 2.05) is 12.1 Å². The molecule has 3 rings (SSSR count). The van der Waals surface area contributed by atoms with Crippen molar-refractivity contribution in [2.24, 2.45) is 0 Å².